The molecule has 0 radical (unpaired) electrons. The summed E-state index contributed by atoms with van der Waals surface area (Å²) in [6.07, 6.45) is 3.54. The van der Waals surface area contributed by atoms with Crippen molar-refractivity contribution in [1.29, 1.82) is 0 Å². The van der Waals surface area contributed by atoms with E-state index in [0.717, 1.165) is 30.2 Å². The Morgan fingerprint density at radius 1 is 1.26 bits per heavy atom. The molecule has 0 aliphatic carbocycles. The molecule has 19 heavy (non-hydrogen) atoms. The Hall–Kier alpha value is -0.730. The fraction of sp³-hybridized carbons (Fsp3) is 0.625. The van der Waals surface area contributed by atoms with E-state index in [1.807, 2.05) is 0 Å². The molecule has 1 aromatic carbocycles. The van der Waals surface area contributed by atoms with Crippen molar-refractivity contribution in [1.82, 2.24) is 5.32 Å². The highest BCUT2D eigenvalue weighted by atomic mass is 35.5. The molecule has 0 spiro atoms. The summed E-state index contributed by atoms with van der Waals surface area (Å²) in [5, 5.41) is 4.25. The van der Waals surface area contributed by atoms with Gasteiger partial charge in [0, 0.05) is 19.6 Å². The number of halogens is 1. The summed E-state index contributed by atoms with van der Waals surface area (Å²) in [6, 6.07) is 6.90. The van der Waals surface area contributed by atoms with Crippen LogP contribution in [0.4, 0.5) is 5.69 Å². The summed E-state index contributed by atoms with van der Waals surface area (Å²) >= 11 is 6.41. The molecule has 0 amide bonds. The third-order valence-corrected chi connectivity index (χ3v) is 3.82. The average molecular weight is 283 g/mol. The fourth-order valence-electron chi connectivity index (χ4n) is 2.20. The van der Waals surface area contributed by atoms with Crippen molar-refractivity contribution in [3.8, 4) is 0 Å². The van der Waals surface area contributed by atoms with Crippen LogP contribution in [0.25, 0.3) is 0 Å². The Labute approximate surface area is 123 Å². The molecular formula is C16H27ClN2. The van der Waals surface area contributed by atoms with Crippen LogP contribution in [0, 0.1) is 0 Å². The van der Waals surface area contributed by atoms with Gasteiger partial charge in [0.15, 0.2) is 0 Å². The van der Waals surface area contributed by atoms with Crippen molar-refractivity contribution in [3.05, 3.63) is 28.8 Å². The molecule has 1 rings (SSSR count). The maximum absolute atomic E-state index is 6.41. The van der Waals surface area contributed by atoms with Crippen molar-refractivity contribution in [3.63, 3.8) is 0 Å². The summed E-state index contributed by atoms with van der Waals surface area (Å²) in [5.41, 5.74) is 2.38. The summed E-state index contributed by atoms with van der Waals surface area (Å²) in [7, 11) is 2.12. The number of nitrogens with one attached hydrogen (secondary N) is 1. The first-order chi connectivity index (χ1) is 9.10. The van der Waals surface area contributed by atoms with E-state index in [2.05, 4.69) is 56.2 Å². The van der Waals surface area contributed by atoms with Crippen LogP contribution in [0.1, 0.15) is 45.6 Å². The fourth-order valence-corrected chi connectivity index (χ4v) is 2.54. The Bertz CT molecular complexity index is 379. The second-order valence-corrected chi connectivity index (χ2v) is 5.62. The van der Waals surface area contributed by atoms with Gasteiger partial charge < -0.3 is 10.2 Å². The van der Waals surface area contributed by atoms with Gasteiger partial charge in [-0.1, -0.05) is 37.9 Å². The van der Waals surface area contributed by atoms with Gasteiger partial charge in [-0.25, -0.2) is 0 Å². The molecule has 1 unspecified atom stereocenters. The minimum atomic E-state index is 0.520. The van der Waals surface area contributed by atoms with Crippen LogP contribution in [0.3, 0.4) is 0 Å². The Balaban J connectivity index is 2.70. The van der Waals surface area contributed by atoms with E-state index < -0.39 is 0 Å². The number of rotatable bonds is 8. The summed E-state index contributed by atoms with van der Waals surface area (Å²) < 4.78 is 0. The largest absolute Gasteiger partial charge is 0.371 e. The molecule has 1 aromatic rings. The predicted octanol–water partition coefficient (Wildman–Crippen LogP) is 4.46. The van der Waals surface area contributed by atoms with Crippen molar-refractivity contribution in [2.45, 2.75) is 52.6 Å². The Kier molecular flexibility index (Phi) is 7.25. The van der Waals surface area contributed by atoms with Gasteiger partial charge in [0.25, 0.3) is 0 Å². The zero-order valence-electron chi connectivity index (χ0n) is 12.7. The number of anilines is 1. The van der Waals surface area contributed by atoms with Crippen molar-refractivity contribution >= 4 is 17.3 Å². The number of benzene rings is 1. The van der Waals surface area contributed by atoms with E-state index in [-0.39, 0.29) is 0 Å². The highest BCUT2D eigenvalue weighted by molar-refractivity contribution is 6.33. The molecular weight excluding hydrogens is 256 g/mol. The van der Waals surface area contributed by atoms with Crippen LogP contribution in [0.15, 0.2) is 18.2 Å². The van der Waals surface area contributed by atoms with Gasteiger partial charge in [0.05, 0.1) is 10.7 Å². The lowest BCUT2D eigenvalue weighted by Crippen LogP contribution is -2.28. The Morgan fingerprint density at radius 2 is 2.00 bits per heavy atom. The molecule has 0 saturated heterocycles. The molecule has 0 fully saturated rings. The van der Waals surface area contributed by atoms with Crippen LogP contribution >= 0.6 is 11.6 Å². The van der Waals surface area contributed by atoms with E-state index in [0.29, 0.717) is 6.04 Å². The zero-order chi connectivity index (χ0) is 14.3. The lowest BCUT2D eigenvalue weighted by atomic mass is 10.1. The normalized spacial score (nSPS) is 12.5. The monoisotopic (exact) mass is 282 g/mol. The van der Waals surface area contributed by atoms with E-state index in [4.69, 9.17) is 11.6 Å². The van der Waals surface area contributed by atoms with E-state index in [9.17, 15) is 0 Å². The smallest absolute Gasteiger partial charge is 0.0642 e. The molecule has 1 N–H and O–H groups in total. The van der Waals surface area contributed by atoms with Gasteiger partial charge in [-0.3, -0.25) is 0 Å². The van der Waals surface area contributed by atoms with Crippen LogP contribution in [0.5, 0.6) is 0 Å². The van der Waals surface area contributed by atoms with Crippen LogP contribution in [-0.2, 0) is 6.54 Å². The minimum Gasteiger partial charge on any atom is -0.371 e. The lowest BCUT2D eigenvalue weighted by Gasteiger charge is -2.28. The first kappa shape index (κ1) is 16.3. The maximum Gasteiger partial charge on any atom is 0.0642 e. The molecule has 3 heteroatoms. The highest BCUT2D eigenvalue weighted by Gasteiger charge is 2.12. The molecule has 0 aromatic heterocycles. The topological polar surface area (TPSA) is 15.3 Å². The number of hydrogen-bond donors (Lipinski definition) is 1. The van der Waals surface area contributed by atoms with Crippen molar-refractivity contribution in [2.75, 3.05) is 18.5 Å². The first-order valence-corrected chi connectivity index (χ1v) is 7.69. The van der Waals surface area contributed by atoms with Gasteiger partial charge in [0.2, 0.25) is 0 Å². The second-order valence-electron chi connectivity index (χ2n) is 5.21. The summed E-state index contributed by atoms with van der Waals surface area (Å²) in [4.78, 5) is 2.27. The molecule has 0 bridgehead atoms. The van der Waals surface area contributed by atoms with Crippen LogP contribution in [-0.4, -0.2) is 19.6 Å². The van der Waals surface area contributed by atoms with E-state index in [1.165, 1.54) is 18.4 Å². The predicted molar refractivity (Wildman–Crippen MR) is 86.2 cm³/mol. The molecule has 0 aliphatic rings. The van der Waals surface area contributed by atoms with Crippen molar-refractivity contribution < 1.29 is 0 Å². The van der Waals surface area contributed by atoms with Crippen LogP contribution < -0.4 is 10.2 Å². The third-order valence-electron chi connectivity index (χ3n) is 3.52. The lowest BCUT2D eigenvalue weighted by molar-refractivity contribution is 0.616. The van der Waals surface area contributed by atoms with Gasteiger partial charge in [-0.2, -0.15) is 0 Å². The van der Waals surface area contributed by atoms with E-state index >= 15 is 0 Å². The molecule has 0 saturated carbocycles. The molecule has 0 heterocycles. The number of nitrogens with zero attached hydrogens (tertiary/aromatic N) is 1. The molecule has 0 aliphatic heterocycles. The Morgan fingerprint density at radius 3 is 2.58 bits per heavy atom. The summed E-state index contributed by atoms with van der Waals surface area (Å²) in [6.45, 7) is 8.58. The second kappa shape index (κ2) is 8.44. The quantitative estimate of drug-likeness (QED) is 0.708. The SMILES string of the molecule is CCCNCc1ccc(N(C)C(C)CCC)c(Cl)c1. The highest BCUT2D eigenvalue weighted by Crippen LogP contribution is 2.28. The average Bonchev–Trinajstić information content (AvgIpc) is 2.39. The molecule has 2 nitrogen and oxygen atoms in total. The van der Waals surface area contributed by atoms with Crippen LogP contribution in [0.2, 0.25) is 5.02 Å². The number of hydrogen-bond acceptors (Lipinski definition) is 2. The zero-order valence-corrected chi connectivity index (χ0v) is 13.4. The van der Waals surface area contributed by atoms with E-state index in [1.54, 1.807) is 0 Å². The van der Waals surface area contributed by atoms with Crippen molar-refractivity contribution in [2.24, 2.45) is 0 Å². The van der Waals surface area contributed by atoms with Gasteiger partial charge >= 0.3 is 0 Å². The van der Waals surface area contributed by atoms with Gasteiger partial charge in [-0.15, -0.1) is 0 Å². The van der Waals surface area contributed by atoms with Gasteiger partial charge in [0.1, 0.15) is 0 Å². The maximum atomic E-state index is 6.41. The first-order valence-electron chi connectivity index (χ1n) is 7.32. The third kappa shape index (κ3) is 5.04. The standard InChI is InChI=1S/C16H27ClN2/c1-5-7-13(3)19(4)16-9-8-14(11-15(16)17)12-18-10-6-2/h8-9,11,13,18H,5-7,10,12H2,1-4H3. The molecule has 108 valence electrons. The summed E-state index contributed by atoms with van der Waals surface area (Å²) in [5.74, 6) is 0. The van der Waals surface area contributed by atoms with Gasteiger partial charge in [-0.05, 0) is 44.0 Å². The minimum absolute atomic E-state index is 0.520. The molecule has 1 atom stereocenters.